The lowest BCUT2D eigenvalue weighted by atomic mass is 10.2. The van der Waals surface area contributed by atoms with Gasteiger partial charge in [0, 0.05) is 11.1 Å². The molecule has 12 heavy (non-hydrogen) atoms. The summed E-state index contributed by atoms with van der Waals surface area (Å²) in [5.74, 6) is -0.338. The van der Waals surface area contributed by atoms with E-state index in [4.69, 9.17) is 11.6 Å². The first-order chi connectivity index (χ1) is 5.57. The number of carbonyl (C=O) groups is 1. The number of carbonyl (C=O) groups excluding carboxylic acids is 1. The van der Waals surface area contributed by atoms with Gasteiger partial charge in [0.05, 0.1) is 6.61 Å². The summed E-state index contributed by atoms with van der Waals surface area (Å²) in [6, 6.07) is 0. The van der Waals surface area contributed by atoms with Gasteiger partial charge in [-0.25, -0.2) is 4.79 Å². The van der Waals surface area contributed by atoms with Gasteiger partial charge in [0.2, 0.25) is 0 Å². The SMILES string of the molecule is CCOC(=O)/C=C/C(C)=C(/C)Cl. The van der Waals surface area contributed by atoms with Gasteiger partial charge in [-0.1, -0.05) is 17.7 Å². The minimum absolute atomic E-state index is 0.338. The van der Waals surface area contributed by atoms with Crippen molar-refractivity contribution >= 4 is 17.6 Å². The molecule has 0 radical (unpaired) electrons. The summed E-state index contributed by atoms with van der Waals surface area (Å²) >= 11 is 5.67. The molecule has 0 aromatic rings. The zero-order chi connectivity index (χ0) is 9.56. The molecule has 0 saturated heterocycles. The van der Waals surface area contributed by atoms with Crippen LogP contribution in [0.15, 0.2) is 22.8 Å². The molecule has 0 aromatic heterocycles. The first-order valence-corrected chi connectivity index (χ1v) is 4.13. The van der Waals surface area contributed by atoms with Gasteiger partial charge in [-0.3, -0.25) is 0 Å². The third-order valence-corrected chi connectivity index (χ3v) is 1.60. The molecule has 0 unspecified atom stereocenters. The highest BCUT2D eigenvalue weighted by Gasteiger charge is 1.93. The molecule has 0 aliphatic carbocycles. The van der Waals surface area contributed by atoms with E-state index in [-0.39, 0.29) is 5.97 Å². The Hall–Kier alpha value is -0.760. The standard InChI is InChI=1S/C9H13ClO2/c1-4-12-9(11)6-5-7(2)8(3)10/h5-6H,4H2,1-3H3/b6-5+,8-7-. The Morgan fingerprint density at radius 1 is 1.42 bits per heavy atom. The zero-order valence-electron chi connectivity index (χ0n) is 7.56. The van der Waals surface area contributed by atoms with Crippen molar-refractivity contribution in [1.82, 2.24) is 0 Å². The second-order valence-corrected chi connectivity index (χ2v) is 2.87. The quantitative estimate of drug-likeness (QED) is 0.387. The van der Waals surface area contributed by atoms with Crippen LogP contribution in [0.3, 0.4) is 0 Å². The first-order valence-electron chi connectivity index (χ1n) is 3.75. The van der Waals surface area contributed by atoms with E-state index in [1.807, 2.05) is 6.92 Å². The Morgan fingerprint density at radius 2 is 2.00 bits per heavy atom. The van der Waals surface area contributed by atoms with Gasteiger partial charge in [-0.05, 0) is 26.3 Å². The average Bonchev–Trinajstić information content (AvgIpc) is 2.00. The summed E-state index contributed by atoms with van der Waals surface area (Å²) in [5.41, 5.74) is 0.865. The maximum Gasteiger partial charge on any atom is 0.330 e. The van der Waals surface area contributed by atoms with E-state index in [0.717, 1.165) is 5.57 Å². The van der Waals surface area contributed by atoms with Crippen LogP contribution in [-0.4, -0.2) is 12.6 Å². The van der Waals surface area contributed by atoms with Crippen molar-refractivity contribution in [3.05, 3.63) is 22.8 Å². The molecule has 0 aromatic carbocycles. The molecule has 68 valence electrons. The van der Waals surface area contributed by atoms with E-state index in [1.54, 1.807) is 19.9 Å². The lowest BCUT2D eigenvalue weighted by molar-refractivity contribution is -0.137. The van der Waals surface area contributed by atoms with Crippen LogP contribution in [0.1, 0.15) is 20.8 Å². The van der Waals surface area contributed by atoms with Crippen LogP contribution >= 0.6 is 11.6 Å². The second kappa shape index (κ2) is 5.84. The fraction of sp³-hybridized carbons (Fsp3) is 0.444. The highest BCUT2D eigenvalue weighted by molar-refractivity contribution is 6.29. The van der Waals surface area contributed by atoms with E-state index in [9.17, 15) is 4.79 Å². The van der Waals surface area contributed by atoms with Crippen molar-refractivity contribution in [2.45, 2.75) is 20.8 Å². The van der Waals surface area contributed by atoms with Gasteiger partial charge < -0.3 is 4.74 Å². The Kier molecular flexibility index (Phi) is 5.47. The molecular weight excluding hydrogens is 176 g/mol. The Morgan fingerprint density at radius 3 is 2.42 bits per heavy atom. The van der Waals surface area contributed by atoms with Gasteiger partial charge in [-0.2, -0.15) is 0 Å². The molecule has 0 aliphatic rings. The molecule has 0 fully saturated rings. The van der Waals surface area contributed by atoms with Gasteiger partial charge in [0.15, 0.2) is 0 Å². The Labute approximate surface area is 77.9 Å². The number of hydrogen-bond donors (Lipinski definition) is 0. The summed E-state index contributed by atoms with van der Waals surface area (Å²) in [7, 11) is 0. The number of allylic oxidation sites excluding steroid dienone is 3. The molecule has 0 heterocycles. The monoisotopic (exact) mass is 188 g/mol. The minimum Gasteiger partial charge on any atom is -0.463 e. The molecule has 0 bridgehead atoms. The largest absolute Gasteiger partial charge is 0.463 e. The molecule has 0 amide bonds. The maximum atomic E-state index is 10.8. The average molecular weight is 189 g/mol. The van der Waals surface area contributed by atoms with Crippen molar-refractivity contribution in [3.8, 4) is 0 Å². The lowest BCUT2D eigenvalue weighted by Crippen LogP contribution is -1.98. The van der Waals surface area contributed by atoms with E-state index in [1.165, 1.54) is 6.08 Å². The van der Waals surface area contributed by atoms with Gasteiger partial charge in [0.1, 0.15) is 0 Å². The maximum absolute atomic E-state index is 10.8. The van der Waals surface area contributed by atoms with Crippen LogP contribution < -0.4 is 0 Å². The van der Waals surface area contributed by atoms with Crippen LogP contribution in [0.4, 0.5) is 0 Å². The van der Waals surface area contributed by atoms with E-state index in [0.29, 0.717) is 11.6 Å². The van der Waals surface area contributed by atoms with Crippen LogP contribution in [0, 0.1) is 0 Å². The smallest absolute Gasteiger partial charge is 0.330 e. The van der Waals surface area contributed by atoms with Crippen molar-refractivity contribution in [3.63, 3.8) is 0 Å². The Balaban J connectivity index is 4.08. The highest BCUT2D eigenvalue weighted by Crippen LogP contribution is 2.08. The topological polar surface area (TPSA) is 26.3 Å². The van der Waals surface area contributed by atoms with Crippen molar-refractivity contribution in [2.24, 2.45) is 0 Å². The lowest BCUT2D eigenvalue weighted by Gasteiger charge is -1.95. The summed E-state index contributed by atoms with van der Waals surface area (Å²) < 4.78 is 4.68. The van der Waals surface area contributed by atoms with Gasteiger partial charge in [0.25, 0.3) is 0 Å². The number of ether oxygens (including phenoxy) is 1. The van der Waals surface area contributed by atoms with E-state index < -0.39 is 0 Å². The van der Waals surface area contributed by atoms with Crippen molar-refractivity contribution < 1.29 is 9.53 Å². The van der Waals surface area contributed by atoms with E-state index in [2.05, 4.69) is 4.74 Å². The van der Waals surface area contributed by atoms with Crippen molar-refractivity contribution in [1.29, 1.82) is 0 Å². The number of hydrogen-bond acceptors (Lipinski definition) is 2. The number of halogens is 1. The van der Waals surface area contributed by atoms with Crippen LogP contribution in [-0.2, 0) is 9.53 Å². The molecular formula is C9H13ClO2. The highest BCUT2D eigenvalue weighted by atomic mass is 35.5. The third-order valence-electron chi connectivity index (χ3n) is 1.30. The third kappa shape index (κ3) is 4.97. The Bertz CT molecular complexity index is 213. The molecule has 0 N–H and O–H groups in total. The van der Waals surface area contributed by atoms with Crippen LogP contribution in [0.2, 0.25) is 0 Å². The fourth-order valence-electron chi connectivity index (χ4n) is 0.498. The summed E-state index contributed by atoms with van der Waals surface area (Å²) in [6.07, 6.45) is 3.00. The van der Waals surface area contributed by atoms with E-state index >= 15 is 0 Å². The molecule has 0 aliphatic heterocycles. The number of esters is 1. The normalized spacial score (nSPS) is 13.0. The molecule has 0 saturated carbocycles. The predicted octanol–water partition coefficient (Wildman–Crippen LogP) is 2.64. The molecule has 2 nitrogen and oxygen atoms in total. The minimum atomic E-state index is -0.338. The summed E-state index contributed by atoms with van der Waals surface area (Å²) in [5, 5.41) is 0.676. The first kappa shape index (κ1) is 11.2. The van der Waals surface area contributed by atoms with Gasteiger partial charge >= 0.3 is 5.97 Å². The molecule has 0 rings (SSSR count). The molecule has 3 heteroatoms. The second-order valence-electron chi connectivity index (χ2n) is 2.30. The zero-order valence-corrected chi connectivity index (χ0v) is 8.31. The van der Waals surface area contributed by atoms with Crippen molar-refractivity contribution in [2.75, 3.05) is 6.61 Å². The molecule has 0 atom stereocenters. The van der Waals surface area contributed by atoms with Crippen LogP contribution in [0.5, 0.6) is 0 Å². The van der Waals surface area contributed by atoms with Crippen LogP contribution in [0.25, 0.3) is 0 Å². The fourth-order valence-corrected chi connectivity index (χ4v) is 0.561. The number of rotatable bonds is 3. The predicted molar refractivity (Wildman–Crippen MR) is 50.0 cm³/mol. The van der Waals surface area contributed by atoms with Gasteiger partial charge in [-0.15, -0.1) is 0 Å². The summed E-state index contributed by atoms with van der Waals surface area (Å²) in [6.45, 7) is 5.76. The molecule has 0 spiro atoms. The summed E-state index contributed by atoms with van der Waals surface area (Å²) in [4.78, 5) is 10.8.